The van der Waals surface area contributed by atoms with Gasteiger partial charge in [0.05, 0.1) is 0 Å². The van der Waals surface area contributed by atoms with Crippen LogP contribution in [0, 0.1) is 5.92 Å². The van der Waals surface area contributed by atoms with Crippen LogP contribution in [0.3, 0.4) is 0 Å². The third kappa shape index (κ3) is 4.81. The Morgan fingerprint density at radius 1 is 1.22 bits per heavy atom. The highest BCUT2D eigenvalue weighted by molar-refractivity contribution is 5.29. The summed E-state index contributed by atoms with van der Waals surface area (Å²) in [6.07, 6.45) is 2.31. The van der Waals surface area contributed by atoms with E-state index in [0.29, 0.717) is 0 Å². The predicted molar refractivity (Wildman–Crippen MR) is 81.2 cm³/mol. The van der Waals surface area contributed by atoms with Crippen molar-refractivity contribution < 1.29 is 0 Å². The van der Waals surface area contributed by atoms with Crippen molar-refractivity contribution in [2.75, 3.05) is 13.1 Å². The number of benzene rings is 1. The molecule has 1 rings (SSSR count). The van der Waals surface area contributed by atoms with Gasteiger partial charge in [-0.3, -0.25) is 0 Å². The average Bonchev–Trinajstić information content (AvgIpc) is 2.34. The van der Waals surface area contributed by atoms with Gasteiger partial charge in [-0.2, -0.15) is 0 Å². The summed E-state index contributed by atoms with van der Waals surface area (Å²) < 4.78 is 0. The Morgan fingerprint density at radius 2 is 1.94 bits per heavy atom. The van der Waals surface area contributed by atoms with E-state index < -0.39 is 0 Å². The van der Waals surface area contributed by atoms with Crippen molar-refractivity contribution in [3.8, 4) is 0 Å². The summed E-state index contributed by atoms with van der Waals surface area (Å²) in [5.41, 5.74) is 3.17. The van der Waals surface area contributed by atoms with Gasteiger partial charge in [0.25, 0.3) is 0 Å². The van der Waals surface area contributed by atoms with Gasteiger partial charge in [0.15, 0.2) is 0 Å². The van der Waals surface area contributed by atoms with Crippen LogP contribution >= 0.6 is 0 Å². The molecule has 102 valence electrons. The largest absolute Gasteiger partial charge is 0.316 e. The van der Waals surface area contributed by atoms with Crippen LogP contribution in [0.4, 0.5) is 0 Å². The van der Waals surface area contributed by atoms with Crippen molar-refractivity contribution in [1.29, 1.82) is 0 Å². The third-order valence-electron chi connectivity index (χ3n) is 3.60. The van der Waals surface area contributed by atoms with Crippen molar-refractivity contribution in [2.45, 2.75) is 52.9 Å². The van der Waals surface area contributed by atoms with Gasteiger partial charge >= 0.3 is 0 Å². The van der Waals surface area contributed by atoms with E-state index in [1.54, 1.807) is 0 Å². The third-order valence-corrected chi connectivity index (χ3v) is 3.60. The molecule has 0 spiro atoms. The zero-order valence-corrected chi connectivity index (χ0v) is 12.7. The minimum atomic E-state index is 0.259. The molecule has 0 saturated carbocycles. The first-order chi connectivity index (χ1) is 8.45. The van der Waals surface area contributed by atoms with Crippen LogP contribution in [-0.2, 0) is 11.8 Å². The quantitative estimate of drug-likeness (QED) is 0.713. The normalized spacial score (nSPS) is 12.1. The van der Waals surface area contributed by atoms with Crippen molar-refractivity contribution in [3.05, 3.63) is 35.4 Å². The molecule has 1 aromatic carbocycles. The molecule has 0 amide bonds. The summed E-state index contributed by atoms with van der Waals surface area (Å²) in [7, 11) is 0. The van der Waals surface area contributed by atoms with E-state index in [1.165, 1.54) is 17.5 Å². The van der Waals surface area contributed by atoms with E-state index >= 15 is 0 Å². The lowest BCUT2D eigenvalue weighted by molar-refractivity contribution is 0.442. The molecule has 1 N–H and O–H groups in total. The molecule has 0 aromatic heterocycles. The SMILES string of the molecule is CCc1cccc(C(C)(C)CCNCC(C)C)c1. The van der Waals surface area contributed by atoms with Crippen LogP contribution in [-0.4, -0.2) is 13.1 Å². The summed E-state index contributed by atoms with van der Waals surface area (Å²) in [6.45, 7) is 13.6. The zero-order valence-electron chi connectivity index (χ0n) is 12.7. The first-order valence-electron chi connectivity index (χ1n) is 7.26. The minimum Gasteiger partial charge on any atom is -0.316 e. The molecular formula is C17H29N. The Morgan fingerprint density at radius 3 is 2.56 bits per heavy atom. The fraction of sp³-hybridized carbons (Fsp3) is 0.647. The number of rotatable bonds is 7. The van der Waals surface area contributed by atoms with Crippen molar-refractivity contribution in [1.82, 2.24) is 5.32 Å². The molecule has 18 heavy (non-hydrogen) atoms. The molecule has 1 aromatic rings. The maximum Gasteiger partial charge on any atom is -0.00258 e. The first kappa shape index (κ1) is 15.2. The van der Waals surface area contributed by atoms with Gasteiger partial charge in [-0.05, 0) is 48.4 Å². The number of hydrogen-bond donors (Lipinski definition) is 1. The van der Waals surface area contributed by atoms with E-state index in [2.05, 4.69) is 64.2 Å². The van der Waals surface area contributed by atoms with Gasteiger partial charge in [-0.15, -0.1) is 0 Å². The van der Waals surface area contributed by atoms with Crippen LogP contribution in [0.2, 0.25) is 0 Å². The van der Waals surface area contributed by atoms with Crippen LogP contribution in [0.5, 0.6) is 0 Å². The zero-order chi connectivity index (χ0) is 13.6. The Bertz CT molecular complexity index is 352. The first-order valence-corrected chi connectivity index (χ1v) is 7.26. The van der Waals surface area contributed by atoms with Gasteiger partial charge in [0, 0.05) is 0 Å². The smallest absolute Gasteiger partial charge is 0.00258 e. The Hall–Kier alpha value is -0.820. The lowest BCUT2D eigenvalue weighted by Gasteiger charge is -2.26. The Kier molecular flexibility index (Phi) is 5.87. The standard InChI is InChI=1S/C17H29N/c1-6-15-8-7-9-16(12-15)17(4,5)10-11-18-13-14(2)3/h7-9,12,14,18H,6,10-11,13H2,1-5H3. The molecule has 0 saturated heterocycles. The van der Waals surface area contributed by atoms with Gasteiger partial charge in [-0.25, -0.2) is 0 Å². The lowest BCUT2D eigenvalue weighted by atomic mass is 9.81. The van der Waals surface area contributed by atoms with E-state index in [0.717, 1.165) is 25.4 Å². The molecule has 0 heterocycles. The number of hydrogen-bond acceptors (Lipinski definition) is 1. The van der Waals surface area contributed by atoms with Gasteiger partial charge < -0.3 is 5.32 Å². The second-order valence-corrected chi connectivity index (χ2v) is 6.29. The highest BCUT2D eigenvalue weighted by Crippen LogP contribution is 2.27. The molecule has 0 aliphatic carbocycles. The van der Waals surface area contributed by atoms with Crippen LogP contribution in [0.1, 0.15) is 52.2 Å². The molecule has 0 aliphatic rings. The Balaban J connectivity index is 2.56. The molecule has 0 bridgehead atoms. The fourth-order valence-electron chi connectivity index (χ4n) is 2.15. The lowest BCUT2D eigenvalue weighted by Crippen LogP contribution is -2.27. The molecular weight excluding hydrogens is 218 g/mol. The summed E-state index contributed by atoms with van der Waals surface area (Å²) in [5, 5.41) is 3.54. The van der Waals surface area contributed by atoms with E-state index in [-0.39, 0.29) is 5.41 Å². The highest BCUT2D eigenvalue weighted by Gasteiger charge is 2.20. The molecule has 0 aliphatic heterocycles. The van der Waals surface area contributed by atoms with Crippen LogP contribution in [0.25, 0.3) is 0 Å². The van der Waals surface area contributed by atoms with Crippen molar-refractivity contribution >= 4 is 0 Å². The van der Waals surface area contributed by atoms with Crippen molar-refractivity contribution in [3.63, 3.8) is 0 Å². The topological polar surface area (TPSA) is 12.0 Å². The maximum atomic E-state index is 3.54. The summed E-state index contributed by atoms with van der Waals surface area (Å²) >= 11 is 0. The van der Waals surface area contributed by atoms with Gasteiger partial charge in [-0.1, -0.05) is 58.9 Å². The van der Waals surface area contributed by atoms with Gasteiger partial charge in [0.1, 0.15) is 0 Å². The number of aryl methyl sites for hydroxylation is 1. The van der Waals surface area contributed by atoms with E-state index in [1.807, 2.05) is 0 Å². The highest BCUT2D eigenvalue weighted by atomic mass is 14.8. The fourth-order valence-corrected chi connectivity index (χ4v) is 2.15. The molecule has 1 nitrogen and oxygen atoms in total. The Labute approximate surface area is 113 Å². The molecule has 0 radical (unpaired) electrons. The van der Waals surface area contributed by atoms with Crippen LogP contribution in [0.15, 0.2) is 24.3 Å². The van der Waals surface area contributed by atoms with Gasteiger partial charge in [0.2, 0.25) is 0 Å². The molecule has 0 unspecified atom stereocenters. The predicted octanol–water partition coefficient (Wildman–Crippen LogP) is 4.16. The second-order valence-electron chi connectivity index (χ2n) is 6.29. The van der Waals surface area contributed by atoms with E-state index in [4.69, 9.17) is 0 Å². The summed E-state index contributed by atoms with van der Waals surface area (Å²) in [5.74, 6) is 0.733. The molecule has 1 heteroatoms. The van der Waals surface area contributed by atoms with E-state index in [9.17, 15) is 0 Å². The van der Waals surface area contributed by atoms with Crippen LogP contribution < -0.4 is 5.32 Å². The summed E-state index contributed by atoms with van der Waals surface area (Å²) in [6, 6.07) is 9.04. The second kappa shape index (κ2) is 6.94. The minimum absolute atomic E-state index is 0.259. The summed E-state index contributed by atoms with van der Waals surface area (Å²) in [4.78, 5) is 0. The monoisotopic (exact) mass is 247 g/mol. The number of nitrogens with one attached hydrogen (secondary N) is 1. The average molecular weight is 247 g/mol. The maximum absolute atomic E-state index is 3.54. The van der Waals surface area contributed by atoms with Crippen molar-refractivity contribution in [2.24, 2.45) is 5.92 Å². The molecule has 0 atom stereocenters. The molecule has 0 fully saturated rings.